The fourth-order valence-corrected chi connectivity index (χ4v) is 5.10. The van der Waals surface area contributed by atoms with Gasteiger partial charge < -0.3 is 25.6 Å². The van der Waals surface area contributed by atoms with Gasteiger partial charge >= 0.3 is 6.18 Å². The predicted molar refractivity (Wildman–Crippen MR) is 147 cm³/mol. The summed E-state index contributed by atoms with van der Waals surface area (Å²) < 4.78 is 73.4. The van der Waals surface area contributed by atoms with Crippen LogP contribution in [0.25, 0.3) is 0 Å². The van der Waals surface area contributed by atoms with Gasteiger partial charge in [-0.3, -0.25) is 4.79 Å². The maximum absolute atomic E-state index is 15.3. The molecule has 4 atom stereocenters. The number of carbonyl (C=O) groups is 1. The van der Waals surface area contributed by atoms with Gasteiger partial charge in [-0.15, -0.1) is 0 Å². The molecule has 2 fully saturated rings. The highest BCUT2D eigenvalue weighted by atomic mass is 19.4. The van der Waals surface area contributed by atoms with Crippen molar-refractivity contribution < 1.29 is 31.5 Å². The van der Waals surface area contributed by atoms with Crippen LogP contribution in [0.2, 0.25) is 0 Å². The highest BCUT2D eigenvalue weighted by Gasteiger charge is 2.37. The van der Waals surface area contributed by atoms with Gasteiger partial charge in [-0.05, 0) is 70.3 Å². The van der Waals surface area contributed by atoms with Crippen molar-refractivity contribution in [2.75, 3.05) is 26.8 Å². The van der Waals surface area contributed by atoms with Gasteiger partial charge in [-0.1, -0.05) is 19.2 Å². The van der Waals surface area contributed by atoms with Crippen LogP contribution in [0.5, 0.6) is 0 Å². The van der Waals surface area contributed by atoms with Crippen molar-refractivity contribution in [3.05, 3.63) is 71.5 Å². The largest absolute Gasteiger partial charge is 0.415 e. The molecule has 0 saturated carbocycles. The lowest BCUT2D eigenvalue weighted by Gasteiger charge is -2.34. The Bertz CT molecular complexity index is 1060. The van der Waals surface area contributed by atoms with Crippen LogP contribution in [-0.2, 0) is 9.53 Å². The SMILES string of the molecule is C=C(NCC1CCCN1C(=O)COC)/C(N)=C\C(=C/C)[C@H]1CC[C@H](C)N1C(=C/C(C)F)/C(F)=C\C(=C)C(F)(F)F. The molecule has 0 aromatic rings. The molecule has 2 rings (SSSR count). The van der Waals surface area contributed by atoms with Crippen molar-refractivity contribution in [2.45, 2.75) is 76.9 Å². The Morgan fingerprint density at radius 1 is 1.23 bits per heavy atom. The lowest BCUT2D eigenvalue weighted by Crippen LogP contribution is -2.43. The summed E-state index contributed by atoms with van der Waals surface area (Å²) in [7, 11) is 1.47. The maximum atomic E-state index is 15.3. The lowest BCUT2D eigenvalue weighted by molar-refractivity contribution is -0.135. The van der Waals surface area contributed by atoms with Crippen molar-refractivity contribution in [3.63, 3.8) is 0 Å². The van der Waals surface area contributed by atoms with Gasteiger partial charge in [0.25, 0.3) is 0 Å². The Kier molecular flexibility index (Phi) is 12.0. The van der Waals surface area contributed by atoms with E-state index in [4.69, 9.17) is 10.5 Å². The van der Waals surface area contributed by atoms with Crippen molar-refractivity contribution >= 4 is 5.91 Å². The van der Waals surface area contributed by atoms with E-state index in [1.54, 1.807) is 28.9 Å². The van der Waals surface area contributed by atoms with Gasteiger partial charge in [0.1, 0.15) is 18.6 Å². The number of hydrogen-bond acceptors (Lipinski definition) is 5. The van der Waals surface area contributed by atoms with Crippen LogP contribution in [0.1, 0.15) is 46.5 Å². The lowest BCUT2D eigenvalue weighted by atomic mass is 10.0. The summed E-state index contributed by atoms with van der Waals surface area (Å²) in [5.41, 5.74) is 6.14. The number of likely N-dealkylation sites (tertiary alicyclic amines) is 2. The molecule has 0 aromatic heterocycles. The zero-order chi connectivity index (χ0) is 30.2. The van der Waals surface area contributed by atoms with Gasteiger partial charge in [0, 0.05) is 32.3 Å². The topological polar surface area (TPSA) is 70.8 Å². The molecule has 2 unspecified atom stereocenters. The maximum Gasteiger partial charge on any atom is 0.415 e. The second-order valence-electron chi connectivity index (χ2n) is 10.2. The molecular weight excluding hydrogens is 531 g/mol. The van der Waals surface area contributed by atoms with E-state index in [1.807, 2.05) is 6.92 Å². The Morgan fingerprint density at radius 2 is 1.90 bits per heavy atom. The number of ether oxygens (including phenoxy) is 1. The fourth-order valence-electron chi connectivity index (χ4n) is 5.10. The molecule has 0 radical (unpaired) electrons. The minimum Gasteiger partial charge on any atom is -0.397 e. The third-order valence-electron chi connectivity index (χ3n) is 7.15. The van der Waals surface area contributed by atoms with Gasteiger partial charge in [-0.2, -0.15) is 13.2 Å². The number of alkyl halides is 4. The molecule has 11 heteroatoms. The molecule has 0 bridgehead atoms. The number of halogens is 5. The first-order chi connectivity index (χ1) is 18.7. The minimum atomic E-state index is -4.81. The molecular formula is C29H41F5N4O2. The van der Waals surface area contributed by atoms with E-state index in [0.717, 1.165) is 18.9 Å². The third-order valence-corrected chi connectivity index (χ3v) is 7.15. The van der Waals surface area contributed by atoms with E-state index < -0.39 is 29.8 Å². The minimum absolute atomic E-state index is 0.0121. The van der Waals surface area contributed by atoms with Crippen molar-refractivity contribution in [3.8, 4) is 0 Å². The number of nitrogens with two attached hydrogens (primary N) is 1. The number of nitrogens with zero attached hydrogens (tertiary/aromatic N) is 2. The average molecular weight is 573 g/mol. The van der Waals surface area contributed by atoms with Crippen LogP contribution in [-0.4, -0.2) is 73.0 Å². The number of rotatable bonds is 12. The monoisotopic (exact) mass is 572 g/mol. The molecule has 2 saturated heterocycles. The van der Waals surface area contributed by atoms with Crippen molar-refractivity contribution in [1.82, 2.24) is 15.1 Å². The molecule has 224 valence electrons. The molecule has 1 amide bonds. The standard InChI is InChI=1S/C29H41F5N4O2/c1-7-22(15-25(35)21(5)36-16-23-9-8-12-37(23)28(39)17-40-6)26-11-10-20(4)38(26)27(14-19(3)30)24(31)13-18(2)29(32,33)34/h7,13-15,19-20,23,26,36H,2,5,8-12,16-17,35H2,1,3-4,6H3/b22-7+,24-13+,25-15+,27-14+/t19?,20-,23?,26+/m0/s1. The van der Waals surface area contributed by atoms with Crippen LogP contribution in [0, 0.1) is 0 Å². The van der Waals surface area contributed by atoms with Gasteiger partial charge in [-0.25, -0.2) is 8.78 Å². The smallest absolute Gasteiger partial charge is 0.397 e. The summed E-state index contributed by atoms with van der Waals surface area (Å²) in [6.45, 7) is 12.8. The van der Waals surface area contributed by atoms with Crippen molar-refractivity contribution in [1.29, 1.82) is 0 Å². The quantitative estimate of drug-likeness (QED) is 0.236. The number of carbonyl (C=O) groups excluding carboxylic acids is 1. The zero-order valence-corrected chi connectivity index (χ0v) is 23.7. The normalized spacial score (nSPS) is 24.0. The summed E-state index contributed by atoms with van der Waals surface area (Å²) in [5.74, 6) is -1.30. The predicted octanol–water partition coefficient (Wildman–Crippen LogP) is 5.58. The molecule has 2 aliphatic rings. The van der Waals surface area contributed by atoms with E-state index in [2.05, 4.69) is 18.5 Å². The number of hydrogen-bond donors (Lipinski definition) is 2. The number of nitrogens with one attached hydrogen (secondary N) is 1. The summed E-state index contributed by atoms with van der Waals surface area (Å²) in [5, 5.41) is 3.18. The van der Waals surface area contributed by atoms with Gasteiger partial charge in [0.15, 0.2) is 0 Å². The van der Waals surface area contributed by atoms with E-state index in [1.165, 1.54) is 14.0 Å². The molecule has 40 heavy (non-hydrogen) atoms. The second kappa shape index (κ2) is 14.5. The van der Waals surface area contributed by atoms with Gasteiger partial charge in [0.2, 0.25) is 5.91 Å². The Labute approximate surface area is 233 Å². The van der Waals surface area contributed by atoms with Crippen molar-refractivity contribution in [2.24, 2.45) is 5.73 Å². The Hall–Kier alpha value is -3.08. The fraction of sp³-hybridized carbons (Fsp3) is 0.552. The summed E-state index contributed by atoms with van der Waals surface area (Å²) in [4.78, 5) is 15.7. The first-order valence-corrected chi connectivity index (χ1v) is 13.3. The van der Waals surface area contributed by atoms with E-state index in [0.29, 0.717) is 49.0 Å². The summed E-state index contributed by atoms with van der Waals surface area (Å²) in [6.07, 6.45) is 1.18. The first kappa shape index (κ1) is 33.1. The van der Waals surface area contributed by atoms with E-state index in [9.17, 15) is 22.4 Å². The third kappa shape index (κ3) is 8.71. The van der Waals surface area contributed by atoms with Crippen LogP contribution < -0.4 is 11.1 Å². The van der Waals surface area contributed by atoms with Gasteiger partial charge in [0.05, 0.1) is 28.7 Å². The molecule has 0 aromatic carbocycles. The molecule has 0 spiro atoms. The van der Waals surface area contributed by atoms with E-state index >= 15 is 4.39 Å². The molecule has 0 aliphatic carbocycles. The molecule has 6 nitrogen and oxygen atoms in total. The average Bonchev–Trinajstić information content (AvgIpc) is 3.50. The highest BCUT2D eigenvalue weighted by Crippen LogP contribution is 2.37. The van der Waals surface area contributed by atoms with Crippen LogP contribution in [0.3, 0.4) is 0 Å². The Balaban J connectivity index is 2.25. The van der Waals surface area contributed by atoms with Crippen LogP contribution in [0.4, 0.5) is 22.0 Å². The van der Waals surface area contributed by atoms with E-state index in [-0.39, 0.29) is 30.3 Å². The van der Waals surface area contributed by atoms with Crippen LogP contribution in [0.15, 0.2) is 71.5 Å². The number of amides is 1. The summed E-state index contributed by atoms with van der Waals surface area (Å²) in [6, 6.07) is -0.778. The number of methoxy groups -OCH3 is 1. The highest BCUT2D eigenvalue weighted by molar-refractivity contribution is 5.78. The summed E-state index contributed by atoms with van der Waals surface area (Å²) >= 11 is 0. The Morgan fingerprint density at radius 3 is 2.48 bits per heavy atom. The molecule has 3 N–H and O–H groups in total. The molecule has 2 aliphatic heterocycles. The first-order valence-electron chi connectivity index (χ1n) is 13.3. The second-order valence-corrected chi connectivity index (χ2v) is 10.2. The zero-order valence-electron chi connectivity index (χ0n) is 23.7. The van der Waals surface area contributed by atoms with Crippen LogP contribution >= 0.6 is 0 Å². The number of allylic oxidation sites excluding steroid dienone is 5. The molecule has 2 heterocycles.